The number of benzene rings is 4. The van der Waals surface area contributed by atoms with Gasteiger partial charge in [0, 0.05) is 38.5 Å². The van der Waals surface area contributed by atoms with Crippen LogP contribution in [0.4, 0.5) is 4.79 Å². The molecule has 284 valence electrons. The number of hydrogen-bond donors (Lipinski definition) is 0. The van der Waals surface area contributed by atoms with Crippen LogP contribution in [0.1, 0.15) is 56.2 Å². The molecule has 53 heavy (non-hydrogen) atoms. The van der Waals surface area contributed by atoms with E-state index in [2.05, 4.69) is 59.5 Å². The predicted octanol–water partition coefficient (Wildman–Crippen LogP) is 7.78. The number of morpholine rings is 1. The van der Waals surface area contributed by atoms with Gasteiger partial charge in [-0.2, -0.15) is 0 Å². The molecule has 2 aliphatic rings. The lowest BCUT2D eigenvalue weighted by atomic mass is 9.87. The van der Waals surface area contributed by atoms with Gasteiger partial charge in [0.05, 0.1) is 52.3 Å². The normalized spacial score (nSPS) is 18.5. The molecule has 2 heterocycles. The summed E-state index contributed by atoms with van der Waals surface area (Å²) in [5.74, 6) is 1.79. The van der Waals surface area contributed by atoms with Crippen molar-refractivity contribution in [1.82, 2.24) is 9.96 Å². The van der Waals surface area contributed by atoms with Gasteiger partial charge in [-0.1, -0.05) is 60.7 Å². The highest BCUT2D eigenvalue weighted by Crippen LogP contribution is 2.33. The Bertz CT molecular complexity index is 1710. The lowest BCUT2D eigenvalue weighted by molar-refractivity contribution is -0.179. The summed E-state index contributed by atoms with van der Waals surface area (Å²) in [5.41, 5.74) is 2.75. The number of hydrogen-bond acceptors (Lipinski definition) is 10. The van der Waals surface area contributed by atoms with E-state index in [9.17, 15) is 4.79 Å². The van der Waals surface area contributed by atoms with E-state index in [4.69, 9.17) is 33.3 Å². The van der Waals surface area contributed by atoms with Crippen LogP contribution in [0.2, 0.25) is 0 Å². The second kappa shape index (κ2) is 19.2. The first-order valence-corrected chi connectivity index (χ1v) is 18.8. The van der Waals surface area contributed by atoms with Crippen LogP contribution in [-0.2, 0) is 37.0 Å². The minimum Gasteiger partial charge on any atom is -0.494 e. The maximum Gasteiger partial charge on any atom is 0.528 e. The van der Waals surface area contributed by atoms with Crippen LogP contribution in [0.5, 0.6) is 11.5 Å². The van der Waals surface area contributed by atoms with Gasteiger partial charge in [0.15, 0.2) is 0 Å². The summed E-state index contributed by atoms with van der Waals surface area (Å²) in [6, 6.07) is 31.1. The number of ether oxygens (including phenoxy) is 6. The highest BCUT2D eigenvalue weighted by Gasteiger charge is 2.34. The molecular weight excluding hydrogens is 672 g/mol. The van der Waals surface area contributed by atoms with Gasteiger partial charge in [-0.25, -0.2) is 4.79 Å². The van der Waals surface area contributed by atoms with Gasteiger partial charge in [0.1, 0.15) is 23.7 Å². The summed E-state index contributed by atoms with van der Waals surface area (Å²) < 4.78 is 35.4. The fraction of sp³-hybridized carbons (Fsp3) is 0.465. The molecule has 0 spiro atoms. The predicted molar refractivity (Wildman–Crippen MR) is 204 cm³/mol. The minimum atomic E-state index is -0.708. The average Bonchev–Trinajstić information content (AvgIpc) is 3.16. The first kappa shape index (κ1) is 38.5. The third kappa shape index (κ3) is 12.4. The molecule has 10 heteroatoms. The molecule has 0 aromatic heterocycles. The highest BCUT2D eigenvalue weighted by atomic mass is 16.8. The number of fused-ring (bicyclic) bond motifs is 1. The molecule has 0 radical (unpaired) electrons. The van der Waals surface area contributed by atoms with Crippen molar-refractivity contribution >= 4 is 16.9 Å². The molecule has 2 unspecified atom stereocenters. The number of hydroxylamine groups is 2. The van der Waals surface area contributed by atoms with Crippen LogP contribution in [0.15, 0.2) is 91.0 Å². The van der Waals surface area contributed by atoms with Gasteiger partial charge in [-0.3, -0.25) is 4.90 Å². The Morgan fingerprint density at radius 1 is 0.774 bits per heavy atom. The summed E-state index contributed by atoms with van der Waals surface area (Å²) in [6.07, 6.45) is 0.622. The highest BCUT2D eigenvalue weighted by molar-refractivity contribution is 5.84. The average molecular weight is 727 g/mol. The van der Waals surface area contributed by atoms with Crippen molar-refractivity contribution in [3.05, 3.63) is 108 Å². The molecule has 2 saturated heterocycles. The van der Waals surface area contributed by atoms with E-state index in [0.717, 1.165) is 79.1 Å². The molecule has 0 N–H and O–H groups in total. The molecule has 0 saturated carbocycles. The minimum absolute atomic E-state index is 0.103. The zero-order chi connectivity index (χ0) is 36.9. The van der Waals surface area contributed by atoms with Crippen LogP contribution < -0.4 is 9.47 Å². The lowest BCUT2D eigenvalue weighted by Crippen LogP contribution is -2.45. The maximum atomic E-state index is 12.5. The Kier molecular flexibility index (Phi) is 14.0. The molecule has 2 atom stereocenters. The van der Waals surface area contributed by atoms with Crippen molar-refractivity contribution in [1.29, 1.82) is 0 Å². The second-order valence-corrected chi connectivity index (χ2v) is 14.6. The van der Waals surface area contributed by atoms with Crippen molar-refractivity contribution in [3.8, 4) is 11.5 Å². The molecule has 0 amide bonds. The standard InChI is InChI=1S/C43H54N2O8/c1-43(2,3)52-42(46)53-45-19-18-40(35-12-15-38(16-13-35)49-24-7-23-48-31-33-8-5-4-6-9-33)41(30-45)51-32-34-10-11-37-29-39(17-14-36(37)28-34)50-27-22-44-20-25-47-26-21-44/h4-6,8-17,28-29,40-41H,7,18-27,30-32H2,1-3H3. The smallest absolute Gasteiger partial charge is 0.494 e. The van der Waals surface area contributed by atoms with E-state index in [1.807, 2.05) is 57.2 Å². The fourth-order valence-corrected chi connectivity index (χ4v) is 6.60. The fourth-order valence-electron chi connectivity index (χ4n) is 6.60. The van der Waals surface area contributed by atoms with Gasteiger partial charge >= 0.3 is 6.16 Å². The largest absolute Gasteiger partial charge is 0.528 e. The maximum absolute atomic E-state index is 12.5. The number of piperidine rings is 1. The van der Waals surface area contributed by atoms with Crippen molar-refractivity contribution in [2.45, 2.75) is 64.4 Å². The zero-order valence-electron chi connectivity index (χ0n) is 31.4. The van der Waals surface area contributed by atoms with Crippen LogP contribution in [0.3, 0.4) is 0 Å². The Labute approximate surface area is 313 Å². The summed E-state index contributed by atoms with van der Waals surface area (Å²) in [4.78, 5) is 20.5. The van der Waals surface area contributed by atoms with E-state index in [1.54, 1.807) is 5.06 Å². The summed E-state index contributed by atoms with van der Waals surface area (Å²) >= 11 is 0. The van der Waals surface area contributed by atoms with Crippen molar-refractivity contribution in [2.24, 2.45) is 0 Å². The van der Waals surface area contributed by atoms with Crippen molar-refractivity contribution < 1.29 is 38.1 Å². The quantitative estimate of drug-likeness (QED) is 0.0843. The Morgan fingerprint density at radius 2 is 1.51 bits per heavy atom. The molecular formula is C43H54N2O8. The van der Waals surface area contributed by atoms with Gasteiger partial charge in [-0.05, 0) is 85.0 Å². The van der Waals surface area contributed by atoms with Gasteiger partial charge in [-0.15, -0.1) is 5.06 Å². The number of rotatable bonds is 16. The van der Waals surface area contributed by atoms with Crippen LogP contribution in [0.25, 0.3) is 10.8 Å². The molecule has 2 fully saturated rings. The third-order valence-corrected chi connectivity index (χ3v) is 9.36. The molecule has 10 nitrogen and oxygen atoms in total. The van der Waals surface area contributed by atoms with Crippen molar-refractivity contribution in [3.63, 3.8) is 0 Å². The molecule has 4 aromatic carbocycles. The van der Waals surface area contributed by atoms with Crippen molar-refractivity contribution in [2.75, 3.05) is 65.8 Å². The third-order valence-electron chi connectivity index (χ3n) is 9.36. The molecule has 4 aromatic rings. The first-order valence-electron chi connectivity index (χ1n) is 18.8. The van der Waals surface area contributed by atoms with Gasteiger partial charge in [0.25, 0.3) is 0 Å². The molecule has 2 aliphatic heterocycles. The molecule has 6 rings (SSSR count). The molecule has 0 bridgehead atoms. The summed E-state index contributed by atoms with van der Waals surface area (Å²) in [7, 11) is 0. The number of carbonyl (C=O) groups excluding carboxylic acids is 1. The van der Waals surface area contributed by atoms with Crippen LogP contribution >= 0.6 is 0 Å². The topological polar surface area (TPSA) is 88.2 Å². The number of nitrogens with zero attached hydrogens (tertiary/aromatic N) is 2. The second-order valence-electron chi connectivity index (χ2n) is 14.6. The van der Waals surface area contributed by atoms with E-state index in [1.165, 1.54) is 5.56 Å². The van der Waals surface area contributed by atoms with E-state index in [-0.39, 0.29) is 12.0 Å². The van der Waals surface area contributed by atoms with E-state index < -0.39 is 11.8 Å². The van der Waals surface area contributed by atoms with Gasteiger partial charge in [0.2, 0.25) is 0 Å². The summed E-state index contributed by atoms with van der Waals surface area (Å²) in [5, 5.41) is 3.90. The Hall–Kier alpha value is -4.19. The monoisotopic (exact) mass is 726 g/mol. The Morgan fingerprint density at radius 3 is 2.30 bits per heavy atom. The first-order chi connectivity index (χ1) is 25.8. The van der Waals surface area contributed by atoms with E-state index in [0.29, 0.717) is 46.1 Å². The zero-order valence-corrected chi connectivity index (χ0v) is 31.4. The van der Waals surface area contributed by atoms with E-state index >= 15 is 0 Å². The lowest BCUT2D eigenvalue weighted by Gasteiger charge is -2.37. The van der Waals surface area contributed by atoms with Crippen LogP contribution in [-0.4, -0.2) is 93.6 Å². The Balaban J connectivity index is 1.03. The number of carbonyl (C=O) groups is 1. The molecule has 0 aliphatic carbocycles. The van der Waals surface area contributed by atoms with Crippen LogP contribution in [0, 0.1) is 0 Å². The SMILES string of the molecule is CC(C)(C)OC(=O)ON1CCC(c2ccc(OCCCOCc3ccccc3)cc2)C(OCc2ccc3cc(OCCN4CCOCC4)ccc3c2)C1. The van der Waals surface area contributed by atoms with Gasteiger partial charge < -0.3 is 33.3 Å². The summed E-state index contributed by atoms with van der Waals surface area (Å²) in [6.45, 7) is 13.7.